The van der Waals surface area contributed by atoms with E-state index in [1.54, 1.807) is 0 Å². The second kappa shape index (κ2) is 9.49. The van der Waals surface area contributed by atoms with Crippen LogP contribution < -0.4 is 0 Å². The standard InChI is InChI=1S/C21H31O.Y/c1-5-6-7-8-9-16-12-15-19(22)20(16)17-10-13-18(14-11-17)21(2,3)4;/h7-8,10-11,13-14,16,19-20,22H,1,5-6,9,12,15H2,2-4H3;/q-1;/t16-,19+,20-;/m0./s1. The predicted molar refractivity (Wildman–Crippen MR) is 95.0 cm³/mol. The Balaban J connectivity index is 0.00000264. The molecule has 2 heteroatoms. The molecule has 0 saturated heterocycles. The molecule has 0 amide bonds. The van der Waals surface area contributed by atoms with Crippen molar-refractivity contribution >= 4 is 0 Å². The van der Waals surface area contributed by atoms with E-state index >= 15 is 0 Å². The summed E-state index contributed by atoms with van der Waals surface area (Å²) in [4.78, 5) is 0. The van der Waals surface area contributed by atoms with E-state index in [1.807, 2.05) is 0 Å². The van der Waals surface area contributed by atoms with Crippen molar-refractivity contribution in [3.05, 3.63) is 54.5 Å². The van der Waals surface area contributed by atoms with Crippen LogP contribution in [0.1, 0.15) is 69.9 Å². The van der Waals surface area contributed by atoms with Crippen LogP contribution in [0.4, 0.5) is 0 Å². The van der Waals surface area contributed by atoms with Gasteiger partial charge in [-0.25, -0.2) is 0 Å². The van der Waals surface area contributed by atoms with E-state index < -0.39 is 0 Å². The molecule has 125 valence electrons. The van der Waals surface area contributed by atoms with Crippen molar-refractivity contribution in [1.29, 1.82) is 0 Å². The molecule has 1 saturated carbocycles. The third-order valence-electron chi connectivity index (χ3n) is 4.89. The minimum absolute atomic E-state index is 0. The molecule has 1 N–H and O–H groups in total. The van der Waals surface area contributed by atoms with Gasteiger partial charge in [0.15, 0.2) is 0 Å². The van der Waals surface area contributed by atoms with Gasteiger partial charge < -0.3 is 12.0 Å². The molecular formula is C21H31OY-. The summed E-state index contributed by atoms with van der Waals surface area (Å²) in [6, 6.07) is 8.92. The van der Waals surface area contributed by atoms with E-state index in [9.17, 15) is 5.11 Å². The average molecular weight is 388 g/mol. The van der Waals surface area contributed by atoms with Crippen LogP contribution in [-0.2, 0) is 38.1 Å². The Hall–Kier alpha value is 0.0239. The van der Waals surface area contributed by atoms with Gasteiger partial charge in [-0.2, -0.15) is 6.42 Å². The van der Waals surface area contributed by atoms with Crippen LogP contribution in [-0.4, -0.2) is 11.2 Å². The molecule has 1 radical (unpaired) electrons. The summed E-state index contributed by atoms with van der Waals surface area (Å²) < 4.78 is 0. The molecule has 3 atom stereocenters. The molecule has 1 aromatic carbocycles. The Morgan fingerprint density at radius 2 is 1.78 bits per heavy atom. The zero-order valence-electron chi connectivity index (χ0n) is 15.0. The SMILES string of the molecule is [CH2-]CCC=CC[C@H]1CC[C@@H](O)[C@@H]1c1ccc(C(C)(C)C)cc1.[Y]. The van der Waals surface area contributed by atoms with Crippen LogP contribution in [0.2, 0.25) is 0 Å². The van der Waals surface area contributed by atoms with Crippen molar-refractivity contribution in [1.82, 2.24) is 0 Å². The fraction of sp³-hybridized carbons (Fsp3) is 0.571. The Morgan fingerprint density at radius 3 is 2.35 bits per heavy atom. The molecule has 1 aromatic rings. The summed E-state index contributed by atoms with van der Waals surface area (Å²) in [5.74, 6) is 0.856. The largest absolute Gasteiger partial charge is 0.392 e. The normalized spacial score (nSPS) is 24.8. The smallest absolute Gasteiger partial charge is 0.0611 e. The van der Waals surface area contributed by atoms with Gasteiger partial charge in [0.1, 0.15) is 0 Å². The summed E-state index contributed by atoms with van der Waals surface area (Å²) in [6.07, 6.45) is 9.47. The number of allylic oxidation sites excluding steroid dienone is 2. The summed E-state index contributed by atoms with van der Waals surface area (Å²) in [5, 5.41) is 10.4. The molecule has 2 rings (SSSR count). The van der Waals surface area contributed by atoms with E-state index in [-0.39, 0.29) is 44.2 Å². The zero-order chi connectivity index (χ0) is 16.2. The van der Waals surface area contributed by atoms with Gasteiger partial charge in [-0.05, 0) is 41.7 Å². The molecule has 1 nitrogen and oxygen atoms in total. The van der Waals surface area contributed by atoms with Crippen molar-refractivity contribution in [2.24, 2.45) is 5.92 Å². The summed E-state index contributed by atoms with van der Waals surface area (Å²) in [5.41, 5.74) is 2.84. The zero-order valence-corrected chi connectivity index (χ0v) is 17.8. The number of benzene rings is 1. The van der Waals surface area contributed by atoms with Gasteiger partial charge in [-0.1, -0.05) is 63.6 Å². The Bertz CT molecular complexity index is 484. The molecule has 0 bridgehead atoms. The molecule has 0 spiro atoms. The summed E-state index contributed by atoms with van der Waals surface area (Å²) in [6.45, 7) is 10.6. The number of aliphatic hydroxyl groups is 1. The van der Waals surface area contributed by atoms with Crippen LogP contribution in [0.5, 0.6) is 0 Å². The second-order valence-electron chi connectivity index (χ2n) is 7.65. The van der Waals surface area contributed by atoms with Crippen molar-refractivity contribution in [3.8, 4) is 0 Å². The van der Waals surface area contributed by atoms with Gasteiger partial charge >= 0.3 is 0 Å². The van der Waals surface area contributed by atoms with Gasteiger partial charge in [0.2, 0.25) is 0 Å². The molecular weight excluding hydrogens is 357 g/mol. The first-order valence-electron chi connectivity index (χ1n) is 8.66. The van der Waals surface area contributed by atoms with E-state index in [2.05, 4.69) is 64.1 Å². The molecule has 0 heterocycles. The quantitative estimate of drug-likeness (QED) is 0.529. The Labute approximate surface area is 167 Å². The van der Waals surface area contributed by atoms with E-state index in [4.69, 9.17) is 0 Å². The maximum atomic E-state index is 10.4. The van der Waals surface area contributed by atoms with Gasteiger partial charge in [0, 0.05) is 38.6 Å². The molecule has 1 aliphatic carbocycles. The fourth-order valence-electron chi connectivity index (χ4n) is 3.53. The summed E-state index contributed by atoms with van der Waals surface area (Å²) >= 11 is 0. The third kappa shape index (κ3) is 5.80. The fourth-order valence-corrected chi connectivity index (χ4v) is 3.53. The molecule has 1 aliphatic rings. The van der Waals surface area contributed by atoms with Crippen LogP contribution in [0, 0.1) is 12.8 Å². The topological polar surface area (TPSA) is 20.2 Å². The van der Waals surface area contributed by atoms with Crippen LogP contribution >= 0.6 is 0 Å². The third-order valence-corrected chi connectivity index (χ3v) is 4.89. The molecule has 0 aromatic heterocycles. The van der Waals surface area contributed by atoms with Crippen LogP contribution in [0.25, 0.3) is 0 Å². The van der Waals surface area contributed by atoms with E-state index in [0.717, 1.165) is 32.1 Å². The molecule has 23 heavy (non-hydrogen) atoms. The van der Waals surface area contributed by atoms with Crippen LogP contribution in [0.15, 0.2) is 36.4 Å². The number of hydrogen-bond donors (Lipinski definition) is 1. The Kier molecular flexibility index (Phi) is 8.69. The monoisotopic (exact) mass is 388 g/mol. The number of hydrogen-bond acceptors (Lipinski definition) is 1. The molecule has 0 unspecified atom stereocenters. The van der Waals surface area contributed by atoms with Crippen LogP contribution in [0.3, 0.4) is 0 Å². The number of aliphatic hydroxyl groups excluding tert-OH is 1. The van der Waals surface area contributed by atoms with Gasteiger partial charge in [0.25, 0.3) is 0 Å². The number of unbranched alkanes of at least 4 members (excludes halogenated alkanes) is 1. The van der Waals surface area contributed by atoms with Crippen molar-refractivity contribution in [3.63, 3.8) is 0 Å². The maximum Gasteiger partial charge on any atom is 0.0611 e. The Morgan fingerprint density at radius 1 is 1.13 bits per heavy atom. The summed E-state index contributed by atoms with van der Waals surface area (Å²) in [7, 11) is 0. The first kappa shape index (κ1) is 21.1. The number of rotatable bonds is 5. The minimum Gasteiger partial charge on any atom is -0.392 e. The van der Waals surface area contributed by atoms with E-state index in [0.29, 0.717) is 11.8 Å². The second-order valence-corrected chi connectivity index (χ2v) is 7.65. The first-order valence-corrected chi connectivity index (χ1v) is 8.66. The molecule has 1 fully saturated rings. The van der Waals surface area contributed by atoms with E-state index in [1.165, 1.54) is 11.1 Å². The van der Waals surface area contributed by atoms with Gasteiger partial charge in [-0.15, -0.1) is 0 Å². The van der Waals surface area contributed by atoms with Gasteiger partial charge in [0.05, 0.1) is 6.10 Å². The maximum absolute atomic E-state index is 10.4. The molecule has 0 aliphatic heterocycles. The van der Waals surface area contributed by atoms with Crippen molar-refractivity contribution < 1.29 is 37.8 Å². The minimum atomic E-state index is -0.188. The first-order chi connectivity index (χ1) is 10.4. The predicted octanol–water partition coefficient (Wildman–Crippen LogP) is 5.40. The van der Waals surface area contributed by atoms with Gasteiger partial charge in [-0.3, -0.25) is 0 Å². The average Bonchev–Trinajstić information content (AvgIpc) is 2.84. The van der Waals surface area contributed by atoms with Crippen molar-refractivity contribution in [2.75, 3.05) is 0 Å². The van der Waals surface area contributed by atoms with Crippen molar-refractivity contribution in [2.45, 2.75) is 70.3 Å².